The third-order valence-corrected chi connectivity index (χ3v) is 5.39. The van der Waals surface area contributed by atoms with Gasteiger partial charge in [-0.3, -0.25) is 9.69 Å². The number of ether oxygens (including phenoxy) is 2. The maximum atomic E-state index is 12.4. The fourth-order valence-electron chi connectivity index (χ4n) is 3.56. The zero-order valence-corrected chi connectivity index (χ0v) is 19.0. The molecule has 1 saturated heterocycles. The second-order valence-corrected chi connectivity index (χ2v) is 7.78. The summed E-state index contributed by atoms with van der Waals surface area (Å²) >= 11 is 0. The van der Waals surface area contributed by atoms with Crippen LogP contribution in [0.3, 0.4) is 0 Å². The zero-order valence-electron chi connectivity index (χ0n) is 19.0. The minimum atomic E-state index is -0.358. The molecule has 0 saturated carbocycles. The minimum absolute atomic E-state index is 0.296. The van der Waals surface area contributed by atoms with E-state index >= 15 is 0 Å². The fraction of sp³-hybridized carbons (Fsp3) is 0.269. The largest absolute Gasteiger partial charge is 0.462 e. The number of esters is 1. The summed E-state index contributed by atoms with van der Waals surface area (Å²) in [5.74, 6) is 0.462. The van der Waals surface area contributed by atoms with Gasteiger partial charge in [0.1, 0.15) is 11.5 Å². The molecule has 34 heavy (non-hydrogen) atoms. The molecule has 0 atom stereocenters. The molecule has 1 amide bonds. The standard InChI is InChI=1S/C26H27N3O5/c1-2-33-26(31)22-9-7-20(8-10-22)24-12-11-23(34-24)17-27-28-25(30)21-5-3-19(4-6-21)18-29-13-15-32-16-14-29/h3-12,17H,2,13-16,18H2,1H3,(H,28,30)/b27-17+. The number of carbonyl (C=O) groups excluding carboxylic acids is 2. The topological polar surface area (TPSA) is 93.4 Å². The van der Waals surface area contributed by atoms with Crippen LogP contribution in [-0.2, 0) is 16.0 Å². The molecule has 8 heteroatoms. The molecule has 0 spiro atoms. The lowest BCUT2D eigenvalue weighted by atomic mass is 10.1. The second-order valence-electron chi connectivity index (χ2n) is 7.78. The average molecular weight is 462 g/mol. The molecule has 4 rings (SSSR count). The van der Waals surface area contributed by atoms with Gasteiger partial charge in [-0.1, -0.05) is 24.3 Å². The van der Waals surface area contributed by atoms with Gasteiger partial charge in [-0.05, 0) is 48.9 Å². The van der Waals surface area contributed by atoms with Gasteiger partial charge < -0.3 is 13.9 Å². The Hall–Kier alpha value is -3.75. The van der Waals surface area contributed by atoms with Crippen molar-refractivity contribution in [1.29, 1.82) is 0 Å². The van der Waals surface area contributed by atoms with Gasteiger partial charge >= 0.3 is 5.97 Å². The van der Waals surface area contributed by atoms with Gasteiger partial charge in [0.15, 0.2) is 0 Å². The molecule has 0 bridgehead atoms. The van der Waals surface area contributed by atoms with Crippen LogP contribution in [0.25, 0.3) is 11.3 Å². The highest BCUT2D eigenvalue weighted by molar-refractivity contribution is 5.94. The van der Waals surface area contributed by atoms with Crippen molar-refractivity contribution in [3.05, 3.63) is 83.1 Å². The molecule has 2 heterocycles. The Morgan fingerprint density at radius 1 is 1.00 bits per heavy atom. The van der Waals surface area contributed by atoms with E-state index in [-0.39, 0.29) is 11.9 Å². The van der Waals surface area contributed by atoms with Gasteiger partial charge in [-0.15, -0.1) is 0 Å². The molecule has 0 aliphatic carbocycles. The van der Waals surface area contributed by atoms with Gasteiger partial charge in [0, 0.05) is 30.8 Å². The third kappa shape index (κ3) is 6.18. The zero-order chi connectivity index (χ0) is 23.8. The Balaban J connectivity index is 1.29. The van der Waals surface area contributed by atoms with E-state index in [2.05, 4.69) is 15.4 Å². The highest BCUT2D eigenvalue weighted by Gasteiger charge is 2.12. The number of nitrogens with one attached hydrogen (secondary N) is 1. The summed E-state index contributed by atoms with van der Waals surface area (Å²) < 4.78 is 16.1. The lowest BCUT2D eigenvalue weighted by Crippen LogP contribution is -2.35. The number of benzene rings is 2. The van der Waals surface area contributed by atoms with E-state index in [1.165, 1.54) is 6.21 Å². The van der Waals surface area contributed by atoms with E-state index in [0.717, 1.165) is 44.0 Å². The highest BCUT2D eigenvalue weighted by Crippen LogP contribution is 2.22. The van der Waals surface area contributed by atoms with Gasteiger partial charge in [0.2, 0.25) is 0 Å². The summed E-state index contributed by atoms with van der Waals surface area (Å²) in [5.41, 5.74) is 5.50. The van der Waals surface area contributed by atoms with Crippen LogP contribution < -0.4 is 5.43 Å². The fourth-order valence-corrected chi connectivity index (χ4v) is 3.56. The summed E-state index contributed by atoms with van der Waals surface area (Å²) in [5, 5.41) is 4.00. The molecule has 0 radical (unpaired) electrons. The average Bonchev–Trinajstić information content (AvgIpc) is 3.34. The first-order valence-corrected chi connectivity index (χ1v) is 11.2. The minimum Gasteiger partial charge on any atom is -0.462 e. The normalized spacial score (nSPS) is 14.3. The molecule has 1 N–H and O–H groups in total. The maximum absolute atomic E-state index is 12.4. The molecule has 0 unspecified atom stereocenters. The molecule has 176 valence electrons. The van der Waals surface area contributed by atoms with E-state index in [9.17, 15) is 9.59 Å². The molecular weight excluding hydrogens is 434 g/mol. The molecule has 1 aromatic heterocycles. The van der Waals surface area contributed by atoms with Crippen LogP contribution in [0.2, 0.25) is 0 Å². The predicted octanol–water partition coefficient (Wildman–Crippen LogP) is 3.72. The Morgan fingerprint density at radius 3 is 2.41 bits per heavy atom. The summed E-state index contributed by atoms with van der Waals surface area (Å²) in [4.78, 5) is 26.5. The van der Waals surface area contributed by atoms with E-state index in [4.69, 9.17) is 13.9 Å². The van der Waals surface area contributed by atoms with Crippen LogP contribution in [0.15, 0.2) is 70.2 Å². The summed E-state index contributed by atoms with van der Waals surface area (Å²) in [6.45, 7) is 6.31. The summed E-state index contributed by atoms with van der Waals surface area (Å²) in [7, 11) is 0. The molecule has 8 nitrogen and oxygen atoms in total. The molecule has 3 aromatic rings. The number of furan rings is 1. The molecule has 1 fully saturated rings. The number of amides is 1. The van der Waals surface area contributed by atoms with E-state index in [1.807, 2.05) is 12.1 Å². The van der Waals surface area contributed by atoms with Crippen molar-refractivity contribution in [2.24, 2.45) is 5.10 Å². The molecular formula is C26H27N3O5. The van der Waals surface area contributed by atoms with Crippen LogP contribution >= 0.6 is 0 Å². The van der Waals surface area contributed by atoms with Gasteiger partial charge in [0.05, 0.1) is 31.6 Å². The predicted molar refractivity (Wildman–Crippen MR) is 128 cm³/mol. The lowest BCUT2D eigenvalue weighted by molar-refractivity contribution is 0.0342. The van der Waals surface area contributed by atoms with Crippen molar-refractivity contribution >= 4 is 18.1 Å². The van der Waals surface area contributed by atoms with Crippen molar-refractivity contribution in [1.82, 2.24) is 10.3 Å². The monoisotopic (exact) mass is 461 g/mol. The SMILES string of the molecule is CCOC(=O)c1ccc(-c2ccc(/C=N/NC(=O)c3ccc(CN4CCOCC4)cc3)o2)cc1. The molecule has 2 aromatic carbocycles. The van der Waals surface area contributed by atoms with Crippen molar-refractivity contribution < 1.29 is 23.5 Å². The quantitative estimate of drug-likeness (QED) is 0.312. The van der Waals surface area contributed by atoms with Crippen molar-refractivity contribution in [3.63, 3.8) is 0 Å². The Kier molecular flexibility index (Phi) is 7.85. The second kappa shape index (κ2) is 11.4. The molecule has 1 aliphatic rings. The maximum Gasteiger partial charge on any atom is 0.338 e. The van der Waals surface area contributed by atoms with E-state index in [1.54, 1.807) is 55.5 Å². The summed E-state index contributed by atoms with van der Waals surface area (Å²) in [6, 6.07) is 18.0. The van der Waals surface area contributed by atoms with E-state index < -0.39 is 0 Å². The first-order chi connectivity index (χ1) is 16.6. The van der Waals surface area contributed by atoms with Crippen molar-refractivity contribution in [2.45, 2.75) is 13.5 Å². The number of rotatable bonds is 8. The summed E-state index contributed by atoms with van der Waals surface area (Å²) in [6.07, 6.45) is 1.45. The lowest BCUT2D eigenvalue weighted by Gasteiger charge is -2.26. The Labute approximate surface area is 198 Å². The number of carbonyl (C=O) groups is 2. The third-order valence-electron chi connectivity index (χ3n) is 5.39. The van der Waals surface area contributed by atoms with Crippen molar-refractivity contribution in [2.75, 3.05) is 32.9 Å². The smallest absolute Gasteiger partial charge is 0.338 e. The first kappa shape index (κ1) is 23.4. The van der Waals surface area contributed by atoms with Crippen LogP contribution in [0.5, 0.6) is 0 Å². The van der Waals surface area contributed by atoms with Crippen molar-refractivity contribution in [3.8, 4) is 11.3 Å². The number of hydrazone groups is 1. The number of hydrogen-bond donors (Lipinski definition) is 1. The van der Waals surface area contributed by atoms with Gasteiger partial charge in [0.25, 0.3) is 5.91 Å². The van der Waals surface area contributed by atoms with Crippen LogP contribution in [0, 0.1) is 0 Å². The first-order valence-electron chi connectivity index (χ1n) is 11.2. The van der Waals surface area contributed by atoms with Gasteiger partial charge in [-0.2, -0.15) is 5.10 Å². The number of morpholine rings is 1. The Bertz CT molecular complexity index is 1130. The van der Waals surface area contributed by atoms with Crippen LogP contribution in [0.1, 0.15) is 39.0 Å². The highest BCUT2D eigenvalue weighted by atomic mass is 16.5. The van der Waals surface area contributed by atoms with Crippen LogP contribution in [0.4, 0.5) is 0 Å². The van der Waals surface area contributed by atoms with Crippen LogP contribution in [-0.4, -0.2) is 55.9 Å². The van der Waals surface area contributed by atoms with E-state index in [0.29, 0.717) is 29.3 Å². The number of hydrogen-bond acceptors (Lipinski definition) is 7. The Morgan fingerprint density at radius 2 is 1.71 bits per heavy atom. The van der Waals surface area contributed by atoms with Gasteiger partial charge in [-0.25, -0.2) is 10.2 Å². The molecule has 1 aliphatic heterocycles. The number of nitrogens with zero attached hydrogens (tertiary/aromatic N) is 2.